The summed E-state index contributed by atoms with van der Waals surface area (Å²) in [5, 5.41) is 11.8. The average Bonchev–Trinajstić information content (AvgIpc) is 2.42. The van der Waals surface area contributed by atoms with Gasteiger partial charge in [-0.3, -0.25) is 0 Å². The van der Waals surface area contributed by atoms with Crippen molar-refractivity contribution in [2.75, 3.05) is 40.6 Å². The van der Waals surface area contributed by atoms with Crippen molar-refractivity contribution in [3.05, 3.63) is 22.2 Å². The molecule has 0 fully saturated rings. The molecule has 1 aromatic rings. The minimum Gasteiger partial charge on any atom is -0.493 e. The van der Waals surface area contributed by atoms with Gasteiger partial charge in [0.2, 0.25) is 0 Å². The zero-order valence-corrected chi connectivity index (χ0v) is 14.1. The lowest BCUT2D eigenvalue weighted by Crippen LogP contribution is -2.20. The van der Waals surface area contributed by atoms with E-state index in [4.69, 9.17) is 19.3 Å². The number of benzene rings is 1. The molecule has 0 aliphatic rings. The van der Waals surface area contributed by atoms with Crippen molar-refractivity contribution in [1.29, 1.82) is 0 Å². The third-order valence-electron chi connectivity index (χ3n) is 2.48. The first-order valence-electron chi connectivity index (χ1n) is 6.02. The molecule has 0 bridgehead atoms. The fourth-order valence-corrected chi connectivity index (χ4v) is 2.27. The summed E-state index contributed by atoms with van der Waals surface area (Å²) in [6.07, 6.45) is 0. The van der Waals surface area contributed by atoms with E-state index in [-0.39, 0.29) is 19.0 Å². The number of hydrogen-bond donors (Lipinski definition) is 2. The highest BCUT2D eigenvalue weighted by molar-refractivity contribution is 9.10. The van der Waals surface area contributed by atoms with Crippen LogP contribution < -0.4 is 14.8 Å². The van der Waals surface area contributed by atoms with E-state index in [1.807, 2.05) is 12.1 Å². The second-order valence-electron chi connectivity index (χ2n) is 3.83. The Balaban J connectivity index is 0.00000361. The summed E-state index contributed by atoms with van der Waals surface area (Å²) < 4.78 is 16.6. The molecule has 1 aromatic carbocycles. The van der Waals surface area contributed by atoms with Crippen LogP contribution in [0.1, 0.15) is 5.56 Å². The largest absolute Gasteiger partial charge is 0.493 e. The maximum atomic E-state index is 8.56. The summed E-state index contributed by atoms with van der Waals surface area (Å²) in [6, 6.07) is 3.92. The van der Waals surface area contributed by atoms with Gasteiger partial charge in [-0.15, -0.1) is 12.4 Å². The van der Waals surface area contributed by atoms with Gasteiger partial charge in [-0.2, -0.15) is 0 Å². The quantitative estimate of drug-likeness (QED) is 0.651. The van der Waals surface area contributed by atoms with Crippen LogP contribution >= 0.6 is 28.3 Å². The number of methoxy groups -OCH3 is 2. The van der Waals surface area contributed by atoms with E-state index in [1.165, 1.54) is 0 Å². The SMILES string of the molecule is COc1cc(CNCCOCCO)cc(Br)c1OC.Cl. The van der Waals surface area contributed by atoms with Gasteiger partial charge in [-0.1, -0.05) is 0 Å². The molecule has 0 unspecified atom stereocenters. The van der Waals surface area contributed by atoms with Crippen LogP contribution in [0, 0.1) is 0 Å². The van der Waals surface area contributed by atoms with Gasteiger partial charge in [0.25, 0.3) is 0 Å². The molecule has 0 atom stereocenters. The minimum absolute atomic E-state index is 0. The van der Waals surface area contributed by atoms with E-state index in [0.717, 1.165) is 16.6 Å². The van der Waals surface area contributed by atoms with E-state index in [0.29, 0.717) is 31.3 Å². The van der Waals surface area contributed by atoms with Crippen molar-refractivity contribution in [3.8, 4) is 11.5 Å². The number of rotatable bonds is 9. The minimum atomic E-state index is 0. The van der Waals surface area contributed by atoms with E-state index in [2.05, 4.69) is 21.2 Å². The molecule has 2 N–H and O–H groups in total. The first-order valence-corrected chi connectivity index (χ1v) is 6.82. The molecule has 7 heteroatoms. The Bertz CT molecular complexity index is 393. The van der Waals surface area contributed by atoms with E-state index < -0.39 is 0 Å². The Morgan fingerprint density at radius 2 is 1.95 bits per heavy atom. The highest BCUT2D eigenvalue weighted by atomic mass is 79.9. The molecule has 5 nitrogen and oxygen atoms in total. The lowest BCUT2D eigenvalue weighted by atomic mass is 10.2. The summed E-state index contributed by atoms with van der Waals surface area (Å²) in [5.74, 6) is 1.39. The smallest absolute Gasteiger partial charge is 0.174 e. The predicted octanol–water partition coefficient (Wildman–Crippen LogP) is 1.99. The molecule has 0 saturated heterocycles. The first kappa shape index (κ1) is 19.5. The highest BCUT2D eigenvalue weighted by Crippen LogP contribution is 2.36. The van der Waals surface area contributed by atoms with Gasteiger partial charge in [-0.25, -0.2) is 0 Å². The van der Waals surface area contributed by atoms with Gasteiger partial charge >= 0.3 is 0 Å². The molecule has 0 spiro atoms. The van der Waals surface area contributed by atoms with Gasteiger partial charge < -0.3 is 24.6 Å². The van der Waals surface area contributed by atoms with Crippen LogP contribution in [0.4, 0.5) is 0 Å². The van der Waals surface area contributed by atoms with Gasteiger partial charge in [0.1, 0.15) is 0 Å². The molecule has 1 rings (SSSR count). The zero-order chi connectivity index (χ0) is 14.1. The molecular weight excluding hydrogens is 350 g/mol. The molecule has 0 amide bonds. The number of halogens is 2. The normalized spacial score (nSPS) is 10.0. The number of aliphatic hydroxyl groups excluding tert-OH is 1. The van der Waals surface area contributed by atoms with Crippen molar-refractivity contribution < 1.29 is 19.3 Å². The van der Waals surface area contributed by atoms with Crippen molar-refractivity contribution in [1.82, 2.24) is 5.32 Å². The molecule has 0 saturated carbocycles. The van der Waals surface area contributed by atoms with Crippen LogP contribution in [0.15, 0.2) is 16.6 Å². The summed E-state index contributed by atoms with van der Waals surface area (Å²) >= 11 is 3.46. The van der Waals surface area contributed by atoms with E-state index >= 15 is 0 Å². The molecule has 0 aromatic heterocycles. The van der Waals surface area contributed by atoms with E-state index in [1.54, 1.807) is 14.2 Å². The van der Waals surface area contributed by atoms with Crippen LogP contribution in [-0.4, -0.2) is 45.7 Å². The zero-order valence-electron chi connectivity index (χ0n) is 11.6. The maximum absolute atomic E-state index is 8.56. The molecular formula is C13H21BrClNO4. The Morgan fingerprint density at radius 3 is 2.55 bits per heavy atom. The summed E-state index contributed by atoms with van der Waals surface area (Å²) in [6.45, 7) is 2.45. The fourth-order valence-electron chi connectivity index (χ4n) is 1.62. The number of aliphatic hydroxyl groups is 1. The third kappa shape index (κ3) is 6.28. The van der Waals surface area contributed by atoms with E-state index in [9.17, 15) is 0 Å². The monoisotopic (exact) mass is 369 g/mol. The lowest BCUT2D eigenvalue weighted by molar-refractivity contribution is 0.0938. The van der Waals surface area contributed by atoms with Crippen LogP contribution in [0.2, 0.25) is 0 Å². The molecule has 0 aliphatic carbocycles. The number of nitrogens with one attached hydrogen (secondary N) is 1. The Morgan fingerprint density at radius 1 is 1.20 bits per heavy atom. The molecule has 20 heavy (non-hydrogen) atoms. The van der Waals surface area contributed by atoms with Crippen LogP contribution in [-0.2, 0) is 11.3 Å². The van der Waals surface area contributed by atoms with Crippen molar-refractivity contribution >= 4 is 28.3 Å². The van der Waals surface area contributed by atoms with Crippen molar-refractivity contribution in [2.45, 2.75) is 6.54 Å². The topological polar surface area (TPSA) is 60.0 Å². The average molecular weight is 371 g/mol. The van der Waals surface area contributed by atoms with Crippen molar-refractivity contribution in [3.63, 3.8) is 0 Å². The standard InChI is InChI=1S/C13H20BrNO4.ClH/c1-17-12-8-10(7-11(14)13(12)18-2)9-15-3-5-19-6-4-16;/h7-8,15-16H,3-6,9H2,1-2H3;1H. The van der Waals surface area contributed by atoms with Gasteiger partial charge in [0, 0.05) is 13.1 Å². The fraction of sp³-hybridized carbons (Fsp3) is 0.538. The van der Waals surface area contributed by atoms with Crippen molar-refractivity contribution in [2.24, 2.45) is 0 Å². The predicted molar refractivity (Wildman–Crippen MR) is 84.1 cm³/mol. The highest BCUT2D eigenvalue weighted by Gasteiger charge is 2.10. The molecule has 0 heterocycles. The Kier molecular flexibility index (Phi) is 10.9. The van der Waals surface area contributed by atoms with Crippen LogP contribution in [0.5, 0.6) is 11.5 Å². The summed E-state index contributed by atoms with van der Waals surface area (Å²) in [7, 11) is 3.23. The van der Waals surface area contributed by atoms with Crippen LogP contribution in [0.3, 0.4) is 0 Å². The lowest BCUT2D eigenvalue weighted by Gasteiger charge is -2.12. The Labute approximate surface area is 134 Å². The van der Waals surface area contributed by atoms with Crippen LogP contribution in [0.25, 0.3) is 0 Å². The maximum Gasteiger partial charge on any atom is 0.174 e. The third-order valence-corrected chi connectivity index (χ3v) is 3.07. The molecule has 0 aliphatic heterocycles. The van der Waals surface area contributed by atoms with Gasteiger partial charge in [-0.05, 0) is 33.6 Å². The second kappa shape index (κ2) is 11.2. The molecule has 0 radical (unpaired) electrons. The second-order valence-corrected chi connectivity index (χ2v) is 4.68. The number of ether oxygens (including phenoxy) is 3. The van der Waals surface area contributed by atoms with Gasteiger partial charge in [0.05, 0.1) is 38.5 Å². The van der Waals surface area contributed by atoms with Gasteiger partial charge in [0.15, 0.2) is 11.5 Å². The first-order chi connectivity index (χ1) is 9.22. The number of hydrogen-bond acceptors (Lipinski definition) is 5. The summed E-state index contributed by atoms with van der Waals surface area (Å²) in [5.41, 5.74) is 1.09. The Hall–Kier alpha value is -0.530. The summed E-state index contributed by atoms with van der Waals surface area (Å²) in [4.78, 5) is 0. The molecule has 116 valence electrons.